The first kappa shape index (κ1) is 12.2. The van der Waals surface area contributed by atoms with E-state index in [9.17, 15) is 0 Å². The summed E-state index contributed by atoms with van der Waals surface area (Å²) in [6.45, 7) is 6.41. The molecule has 0 unspecified atom stereocenters. The van der Waals surface area contributed by atoms with Crippen LogP contribution in [0.1, 0.15) is 43.9 Å². The monoisotopic (exact) mass is 209 g/mol. The van der Waals surface area contributed by atoms with Crippen molar-refractivity contribution in [3.05, 3.63) is 17.5 Å². The van der Waals surface area contributed by atoms with Crippen LogP contribution in [-0.2, 0) is 13.6 Å². The molecule has 0 aliphatic rings. The van der Waals surface area contributed by atoms with Gasteiger partial charge in [0.2, 0.25) is 0 Å². The van der Waals surface area contributed by atoms with Crippen LogP contribution >= 0.6 is 0 Å². The fourth-order valence-electron chi connectivity index (χ4n) is 1.71. The lowest BCUT2D eigenvalue weighted by Crippen LogP contribution is -2.17. The Morgan fingerprint density at radius 3 is 2.73 bits per heavy atom. The van der Waals surface area contributed by atoms with Crippen molar-refractivity contribution in [3.8, 4) is 0 Å². The third-order valence-electron chi connectivity index (χ3n) is 2.77. The van der Waals surface area contributed by atoms with Crippen LogP contribution in [0.25, 0.3) is 0 Å². The van der Waals surface area contributed by atoms with Gasteiger partial charge in [-0.3, -0.25) is 4.68 Å². The lowest BCUT2D eigenvalue weighted by Gasteiger charge is -2.06. The Labute approximate surface area is 92.9 Å². The topological polar surface area (TPSA) is 29.9 Å². The highest BCUT2D eigenvalue weighted by Crippen LogP contribution is 2.04. The van der Waals surface area contributed by atoms with E-state index in [0.717, 1.165) is 13.1 Å². The van der Waals surface area contributed by atoms with Gasteiger partial charge in [-0.25, -0.2) is 0 Å². The molecule has 1 aromatic heterocycles. The molecule has 0 aliphatic heterocycles. The van der Waals surface area contributed by atoms with E-state index in [2.05, 4.69) is 24.3 Å². The van der Waals surface area contributed by atoms with Gasteiger partial charge in [0.05, 0.1) is 11.9 Å². The number of aryl methyl sites for hydroxylation is 2. The van der Waals surface area contributed by atoms with Gasteiger partial charge < -0.3 is 5.32 Å². The van der Waals surface area contributed by atoms with Gasteiger partial charge in [0.1, 0.15) is 0 Å². The second-order valence-electron chi connectivity index (χ2n) is 4.14. The first-order valence-electron chi connectivity index (χ1n) is 5.94. The molecule has 3 heteroatoms. The van der Waals surface area contributed by atoms with E-state index < -0.39 is 0 Å². The SMILES string of the molecule is CCCCCCNCc1c(C)cnn1C. The molecule has 0 spiro atoms. The Hall–Kier alpha value is -0.830. The average molecular weight is 209 g/mol. The molecule has 0 saturated heterocycles. The minimum absolute atomic E-state index is 0.939. The van der Waals surface area contributed by atoms with Gasteiger partial charge in [-0.2, -0.15) is 5.10 Å². The second-order valence-corrected chi connectivity index (χ2v) is 4.14. The standard InChI is InChI=1S/C12H23N3/c1-4-5-6-7-8-13-10-12-11(2)9-14-15(12)3/h9,13H,4-8,10H2,1-3H3. The highest BCUT2D eigenvalue weighted by molar-refractivity contribution is 5.14. The maximum absolute atomic E-state index is 4.22. The Kier molecular flexibility index (Phi) is 5.40. The molecule has 86 valence electrons. The number of hydrogen-bond donors (Lipinski definition) is 1. The van der Waals surface area contributed by atoms with Crippen molar-refractivity contribution in [2.45, 2.75) is 46.1 Å². The van der Waals surface area contributed by atoms with E-state index in [-0.39, 0.29) is 0 Å². The Balaban J connectivity index is 2.15. The van der Waals surface area contributed by atoms with Crippen LogP contribution in [-0.4, -0.2) is 16.3 Å². The number of rotatable bonds is 7. The zero-order valence-corrected chi connectivity index (χ0v) is 10.2. The van der Waals surface area contributed by atoms with E-state index in [4.69, 9.17) is 0 Å². The third-order valence-corrected chi connectivity index (χ3v) is 2.77. The summed E-state index contributed by atoms with van der Waals surface area (Å²) in [5, 5.41) is 7.69. The summed E-state index contributed by atoms with van der Waals surface area (Å²) in [6.07, 6.45) is 7.21. The van der Waals surface area contributed by atoms with Crippen molar-refractivity contribution in [2.75, 3.05) is 6.54 Å². The highest BCUT2D eigenvalue weighted by atomic mass is 15.3. The largest absolute Gasteiger partial charge is 0.311 e. The van der Waals surface area contributed by atoms with Crippen molar-refractivity contribution in [1.82, 2.24) is 15.1 Å². The van der Waals surface area contributed by atoms with E-state index >= 15 is 0 Å². The molecule has 0 aromatic carbocycles. The first-order chi connectivity index (χ1) is 7.25. The zero-order chi connectivity index (χ0) is 11.1. The van der Waals surface area contributed by atoms with Gasteiger partial charge in [0.15, 0.2) is 0 Å². The van der Waals surface area contributed by atoms with E-state index in [0.29, 0.717) is 0 Å². The van der Waals surface area contributed by atoms with Gasteiger partial charge in [0, 0.05) is 13.6 Å². The van der Waals surface area contributed by atoms with Crippen LogP contribution in [0.15, 0.2) is 6.20 Å². The molecule has 3 nitrogen and oxygen atoms in total. The normalized spacial score (nSPS) is 10.9. The van der Waals surface area contributed by atoms with Crippen LogP contribution in [0.2, 0.25) is 0 Å². The highest BCUT2D eigenvalue weighted by Gasteiger charge is 2.02. The zero-order valence-electron chi connectivity index (χ0n) is 10.2. The maximum atomic E-state index is 4.22. The third kappa shape index (κ3) is 4.04. The van der Waals surface area contributed by atoms with E-state index in [1.165, 1.54) is 36.9 Å². The predicted octanol–water partition coefficient (Wildman–Crippen LogP) is 2.40. The van der Waals surface area contributed by atoms with Crippen molar-refractivity contribution in [2.24, 2.45) is 7.05 Å². The van der Waals surface area contributed by atoms with Crippen molar-refractivity contribution in [3.63, 3.8) is 0 Å². The molecule has 0 saturated carbocycles. The fraction of sp³-hybridized carbons (Fsp3) is 0.750. The summed E-state index contributed by atoms with van der Waals surface area (Å²) in [5.41, 5.74) is 2.57. The smallest absolute Gasteiger partial charge is 0.0547 e. The van der Waals surface area contributed by atoms with Crippen LogP contribution in [0, 0.1) is 6.92 Å². The lowest BCUT2D eigenvalue weighted by atomic mass is 10.2. The quantitative estimate of drug-likeness (QED) is 0.699. The fourth-order valence-corrected chi connectivity index (χ4v) is 1.71. The summed E-state index contributed by atoms with van der Waals surface area (Å²) in [6, 6.07) is 0. The van der Waals surface area contributed by atoms with Gasteiger partial charge in [-0.15, -0.1) is 0 Å². The molecular formula is C12H23N3. The number of hydrogen-bond acceptors (Lipinski definition) is 2. The molecule has 0 radical (unpaired) electrons. The molecule has 15 heavy (non-hydrogen) atoms. The molecule has 0 fully saturated rings. The molecule has 1 rings (SSSR count). The Bertz CT molecular complexity index is 259. The van der Waals surface area contributed by atoms with E-state index in [1.807, 2.05) is 17.9 Å². The minimum atomic E-state index is 0.939. The average Bonchev–Trinajstić information content (AvgIpc) is 2.54. The summed E-state index contributed by atoms with van der Waals surface area (Å²) in [4.78, 5) is 0. The summed E-state index contributed by atoms with van der Waals surface area (Å²) >= 11 is 0. The first-order valence-corrected chi connectivity index (χ1v) is 5.94. The van der Waals surface area contributed by atoms with Crippen LogP contribution in [0.3, 0.4) is 0 Å². The second kappa shape index (κ2) is 6.62. The minimum Gasteiger partial charge on any atom is -0.311 e. The van der Waals surface area contributed by atoms with Crippen molar-refractivity contribution in [1.29, 1.82) is 0 Å². The van der Waals surface area contributed by atoms with Crippen LogP contribution < -0.4 is 5.32 Å². The van der Waals surface area contributed by atoms with Gasteiger partial charge in [-0.1, -0.05) is 26.2 Å². The number of nitrogens with zero attached hydrogens (tertiary/aromatic N) is 2. The van der Waals surface area contributed by atoms with Gasteiger partial charge in [-0.05, 0) is 25.5 Å². The number of nitrogens with one attached hydrogen (secondary N) is 1. The number of aromatic nitrogens is 2. The molecule has 1 heterocycles. The molecule has 1 aromatic rings. The van der Waals surface area contributed by atoms with Gasteiger partial charge >= 0.3 is 0 Å². The van der Waals surface area contributed by atoms with E-state index in [1.54, 1.807) is 0 Å². The summed E-state index contributed by atoms with van der Waals surface area (Å²) < 4.78 is 1.95. The van der Waals surface area contributed by atoms with Gasteiger partial charge in [0.25, 0.3) is 0 Å². The predicted molar refractivity (Wildman–Crippen MR) is 63.8 cm³/mol. The summed E-state index contributed by atoms with van der Waals surface area (Å²) in [5.74, 6) is 0. The molecule has 0 amide bonds. The number of unbranched alkanes of at least 4 members (excludes halogenated alkanes) is 3. The molecular weight excluding hydrogens is 186 g/mol. The van der Waals surface area contributed by atoms with Crippen LogP contribution in [0.4, 0.5) is 0 Å². The van der Waals surface area contributed by atoms with Crippen molar-refractivity contribution >= 4 is 0 Å². The molecule has 0 aliphatic carbocycles. The van der Waals surface area contributed by atoms with Crippen LogP contribution in [0.5, 0.6) is 0 Å². The summed E-state index contributed by atoms with van der Waals surface area (Å²) in [7, 11) is 2.00. The lowest BCUT2D eigenvalue weighted by molar-refractivity contribution is 0.576. The molecule has 0 atom stereocenters. The molecule has 0 bridgehead atoms. The van der Waals surface area contributed by atoms with Crippen molar-refractivity contribution < 1.29 is 0 Å². The maximum Gasteiger partial charge on any atom is 0.0547 e. The Morgan fingerprint density at radius 2 is 2.13 bits per heavy atom. The molecule has 1 N–H and O–H groups in total. The Morgan fingerprint density at radius 1 is 1.33 bits per heavy atom.